The van der Waals surface area contributed by atoms with E-state index in [1.165, 1.54) is 34.5 Å². The molecule has 2 heterocycles. The molecule has 1 N–H and O–H groups in total. The van der Waals surface area contributed by atoms with E-state index < -0.39 is 17.6 Å². The van der Waals surface area contributed by atoms with E-state index in [0.717, 1.165) is 0 Å². The molecule has 132 valence electrons. The maximum atomic E-state index is 12.4. The average molecular weight is 354 g/mol. The van der Waals surface area contributed by atoms with Gasteiger partial charge in [-0.05, 0) is 20.8 Å². The third-order valence-electron chi connectivity index (χ3n) is 3.79. The molecule has 1 aliphatic heterocycles. The summed E-state index contributed by atoms with van der Waals surface area (Å²) in [4.78, 5) is 37.5. The van der Waals surface area contributed by atoms with Crippen LogP contribution >= 0.6 is 11.8 Å². The van der Waals surface area contributed by atoms with Crippen molar-refractivity contribution in [2.75, 3.05) is 23.6 Å². The highest BCUT2D eigenvalue weighted by Crippen LogP contribution is 2.23. The highest BCUT2D eigenvalue weighted by atomic mass is 32.2. The lowest BCUT2D eigenvalue weighted by Crippen LogP contribution is -2.43. The molecule has 0 aliphatic carbocycles. The second-order valence-electron chi connectivity index (χ2n) is 5.95. The summed E-state index contributed by atoms with van der Waals surface area (Å²) in [6.07, 6.45) is 3.05. The minimum Gasteiger partial charge on any atom is -0.464 e. The molecule has 2 amide bonds. The molecule has 9 heteroatoms. The summed E-state index contributed by atoms with van der Waals surface area (Å²) >= 11 is 1.54. The first-order valence-electron chi connectivity index (χ1n) is 7.65. The van der Waals surface area contributed by atoms with Crippen LogP contribution in [0, 0.1) is 0 Å². The Morgan fingerprint density at radius 1 is 1.46 bits per heavy atom. The molecule has 8 nitrogen and oxygen atoms in total. The zero-order valence-corrected chi connectivity index (χ0v) is 15.1. The molecule has 0 radical (unpaired) electrons. The van der Waals surface area contributed by atoms with E-state index in [1.54, 1.807) is 27.0 Å². The van der Waals surface area contributed by atoms with Crippen molar-refractivity contribution >= 4 is 35.2 Å². The predicted molar refractivity (Wildman–Crippen MR) is 90.4 cm³/mol. The zero-order valence-electron chi connectivity index (χ0n) is 14.2. The number of amides is 2. The highest BCUT2D eigenvalue weighted by molar-refractivity contribution is 7.99. The molecule has 1 fully saturated rings. The number of nitrogens with zero attached hydrogens (tertiary/aromatic N) is 3. The van der Waals surface area contributed by atoms with E-state index in [0.29, 0.717) is 17.3 Å². The van der Waals surface area contributed by atoms with Crippen LogP contribution < -0.4 is 5.32 Å². The van der Waals surface area contributed by atoms with Crippen molar-refractivity contribution in [3.05, 3.63) is 12.4 Å². The van der Waals surface area contributed by atoms with Crippen LogP contribution in [0.3, 0.4) is 0 Å². The molecule has 1 atom stereocenters. The lowest BCUT2D eigenvalue weighted by atomic mass is 10.1. The van der Waals surface area contributed by atoms with Gasteiger partial charge in [-0.2, -0.15) is 5.10 Å². The Morgan fingerprint density at radius 2 is 2.17 bits per heavy atom. The Morgan fingerprint density at radius 3 is 2.79 bits per heavy atom. The molecule has 1 aliphatic rings. The van der Waals surface area contributed by atoms with Crippen LogP contribution in [0.5, 0.6) is 0 Å². The fourth-order valence-electron chi connectivity index (χ4n) is 2.29. The van der Waals surface area contributed by atoms with Crippen LogP contribution in [0.15, 0.2) is 12.4 Å². The van der Waals surface area contributed by atoms with Gasteiger partial charge in [-0.15, -0.1) is 11.8 Å². The largest absolute Gasteiger partial charge is 0.464 e. The number of ether oxygens (including phenoxy) is 1. The standard InChI is InChI=1S/C15H22N4O4S/c1-5-23-14(22)15(3,4)19-7-11(6-16-19)17-13(21)12-8-24-9-18(12)10(2)20/h6-7,12H,5,8-9H2,1-4H3,(H,17,21). The van der Waals surface area contributed by atoms with Gasteiger partial charge >= 0.3 is 5.97 Å². The molecule has 1 saturated heterocycles. The molecular weight excluding hydrogens is 332 g/mol. The van der Waals surface area contributed by atoms with Gasteiger partial charge < -0.3 is 15.0 Å². The van der Waals surface area contributed by atoms with E-state index in [1.807, 2.05) is 0 Å². The smallest absolute Gasteiger partial charge is 0.333 e. The Hall–Kier alpha value is -2.03. The Bertz CT molecular complexity index is 643. The fourth-order valence-corrected chi connectivity index (χ4v) is 3.51. The van der Waals surface area contributed by atoms with Crippen molar-refractivity contribution in [3.63, 3.8) is 0 Å². The van der Waals surface area contributed by atoms with Gasteiger partial charge in [0, 0.05) is 18.9 Å². The van der Waals surface area contributed by atoms with Crippen LogP contribution in [-0.4, -0.2) is 56.7 Å². The third-order valence-corrected chi connectivity index (χ3v) is 4.80. The summed E-state index contributed by atoms with van der Waals surface area (Å²) < 4.78 is 6.49. The average Bonchev–Trinajstić information content (AvgIpc) is 3.16. The third kappa shape index (κ3) is 3.72. The number of carbonyl (C=O) groups excluding carboxylic acids is 3. The van der Waals surface area contributed by atoms with Crippen molar-refractivity contribution in [3.8, 4) is 0 Å². The number of esters is 1. The molecule has 0 saturated carbocycles. The van der Waals surface area contributed by atoms with E-state index in [2.05, 4.69) is 10.4 Å². The molecule has 0 spiro atoms. The normalized spacial score (nSPS) is 17.7. The van der Waals surface area contributed by atoms with Gasteiger partial charge in [-0.1, -0.05) is 0 Å². The van der Waals surface area contributed by atoms with Crippen molar-refractivity contribution < 1.29 is 19.1 Å². The second kappa shape index (κ2) is 7.25. The first-order valence-corrected chi connectivity index (χ1v) is 8.81. The molecule has 0 bridgehead atoms. The van der Waals surface area contributed by atoms with Gasteiger partial charge in [-0.25, -0.2) is 4.79 Å². The number of nitrogens with one attached hydrogen (secondary N) is 1. The first kappa shape index (κ1) is 18.3. The molecule has 1 aromatic rings. The zero-order chi connectivity index (χ0) is 17.9. The van der Waals surface area contributed by atoms with Crippen LogP contribution in [0.1, 0.15) is 27.7 Å². The van der Waals surface area contributed by atoms with Crippen LogP contribution in [0.25, 0.3) is 0 Å². The van der Waals surface area contributed by atoms with Gasteiger partial charge in [-0.3, -0.25) is 14.3 Å². The quantitative estimate of drug-likeness (QED) is 0.794. The SMILES string of the molecule is CCOC(=O)C(C)(C)n1cc(NC(=O)C2CSCN2C(C)=O)cn1. The lowest BCUT2D eigenvalue weighted by Gasteiger charge is -2.23. The number of aromatic nitrogens is 2. The van der Waals surface area contributed by atoms with Gasteiger partial charge in [0.2, 0.25) is 11.8 Å². The maximum Gasteiger partial charge on any atom is 0.333 e. The van der Waals surface area contributed by atoms with Crippen LogP contribution in [0.4, 0.5) is 5.69 Å². The molecule has 1 aromatic heterocycles. The molecule has 0 aromatic carbocycles. The van der Waals surface area contributed by atoms with Gasteiger partial charge in [0.1, 0.15) is 6.04 Å². The van der Waals surface area contributed by atoms with Crippen molar-refractivity contribution in [2.45, 2.75) is 39.3 Å². The maximum absolute atomic E-state index is 12.4. The monoisotopic (exact) mass is 354 g/mol. The molecule has 2 rings (SSSR count). The van der Waals surface area contributed by atoms with Crippen LogP contribution in [0.2, 0.25) is 0 Å². The van der Waals surface area contributed by atoms with E-state index in [-0.39, 0.29) is 18.4 Å². The summed E-state index contributed by atoms with van der Waals surface area (Å²) in [5.41, 5.74) is -0.508. The summed E-state index contributed by atoms with van der Waals surface area (Å²) in [5, 5.41) is 6.89. The Kier molecular flexibility index (Phi) is 5.53. The summed E-state index contributed by atoms with van der Waals surface area (Å²) in [6.45, 7) is 6.85. The fraction of sp³-hybridized carbons (Fsp3) is 0.600. The van der Waals surface area contributed by atoms with Gasteiger partial charge in [0.15, 0.2) is 5.54 Å². The van der Waals surface area contributed by atoms with Crippen LogP contribution in [-0.2, 0) is 24.7 Å². The number of thioether (sulfide) groups is 1. The summed E-state index contributed by atoms with van der Waals surface area (Å²) in [6, 6.07) is -0.492. The Balaban J connectivity index is 2.07. The molecule has 1 unspecified atom stereocenters. The predicted octanol–water partition coefficient (Wildman–Crippen LogP) is 1.04. The van der Waals surface area contributed by atoms with Crippen molar-refractivity contribution in [1.29, 1.82) is 0 Å². The molecular formula is C15H22N4O4S. The van der Waals surface area contributed by atoms with E-state index in [9.17, 15) is 14.4 Å². The van der Waals surface area contributed by atoms with Crippen molar-refractivity contribution in [1.82, 2.24) is 14.7 Å². The summed E-state index contributed by atoms with van der Waals surface area (Å²) in [5.74, 6) is 0.292. The van der Waals surface area contributed by atoms with Gasteiger partial charge in [0.05, 0.1) is 24.4 Å². The topological polar surface area (TPSA) is 93.5 Å². The summed E-state index contributed by atoms with van der Waals surface area (Å²) in [7, 11) is 0. The number of hydrogen-bond donors (Lipinski definition) is 1. The minimum atomic E-state index is -0.979. The number of hydrogen-bond acceptors (Lipinski definition) is 6. The first-order chi connectivity index (χ1) is 11.3. The van der Waals surface area contributed by atoms with Crippen molar-refractivity contribution in [2.24, 2.45) is 0 Å². The van der Waals surface area contributed by atoms with E-state index >= 15 is 0 Å². The molecule has 24 heavy (non-hydrogen) atoms. The van der Waals surface area contributed by atoms with E-state index in [4.69, 9.17) is 4.74 Å². The number of anilines is 1. The number of carbonyl (C=O) groups is 3. The number of rotatable bonds is 5. The lowest BCUT2D eigenvalue weighted by molar-refractivity contribution is -0.152. The second-order valence-corrected chi connectivity index (χ2v) is 6.95. The van der Waals surface area contributed by atoms with Gasteiger partial charge in [0.25, 0.3) is 0 Å². The minimum absolute atomic E-state index is 0.126. The highest BCUT2D eigenvalue weighted by Gasteiger charge is 2.34. The Labute approximate surface area is 144 Å².